The van der Waals surface area contributed by atoms with Crippen LogP contribution in [0.15, 0.2) is 23.1 Å². The average Bonchev–Trinajstić information content (AvgIpc) is 2.61. The van der Waals surface area contributed by atoms with E-state index in [-0.39, 0.29) is 24.7 Å². The number of thiocarbonyl (C=S) groups is 1. The molecule has 4 nitrogen and oxygen atoms in total. The standard InChI is InChI=1S/C14H12FNO3S2/c1-8-4-9(6-10(15)5-8)7-11-13(19)16(14(20)21-11)3-2-12(17)18/h4-7H,2-3H2,1H3,(H,17,18)/b11-7-. The number of benzene rings is 1. The van der Waals surface area contributed by atoms with Crippen molar-refractivity contribution in [2.45, 2.75) is 13.3 Å². The van der Waals surface area contributed by atoms with E-state index in [0.717, 1.165) is 17.3 Å². The fourth-order valence-electron chi connectivity index (χ4n) is 1.90. The van der Waals surface area contributed by atoms with Gasteiger partial charge in [0.25, 0.3) is 5.91 Å². The summed E-state index contributed by atoms with van der Waals surface area (Å²) in [4.78, 5) is 24.4. The Morgan fingerprint density at radius 1 is 1.48 bits per heavy atom. The van der Waals surface area contributed by atoms with Crippen LogP contribution in [0.5, 0.6) is 0 Å². The summed E-state index contributed by atoms with van der Waals surface area (Å²) in [6.45, 7) is 1.80. The van der Waals surface area contributed by atoms with E-state index in [1.165, 1.54) is 17.0 Å². The van der Waals surface area contributed by atoms with Crippen LogP contribution in [0.25, 0.3) is 6.08 Å². The van der Waals surface area contributed by atoms with Gasteiger partial charge in [0.1, 0.15) is 10.1 Å². The Kier molecular flexibility index (Phi) is 4.74. The Bertz CT molecular complexity index is 637. The number of carbonyl (C=O) groups is 2. The molecule has 1 N–H and O–H groups in total. The Balaban J connectivity index is 2.21. The molecule has 1 fully saturated rings. The Labute approximate surface area is 130 Å². The molecule has 1 amide bonds. The van der Waals surface area contributed by atoms with Gasteiger partial charge in [-0.1, -0.05) is 30.0 Å². The van der Waals surface area contributed by atoms with Crippen molar-refractivity contribution in [2.24, 2.45) is 0 Å². The SMILES string of the molecule is Cc1cc(F)cc(/C=C2\SC(=S)N(CCC(=O)O)C2=O)c1. The first-order valence-electron chi connectivity index (χ1n) is 6.11. The molecule has 0 aromatic heterocycles. The van der Waals surface area contributed by atoms with Gasteiger partial charge >= 0.3 is 5.97 Å². The fourth-order valence-corrected chi connectivity index (χ4v) is 3.21. The topological polar surface area (TPSA) is 57.6 Å². The highest BCUT2D eigenvalue weighted by Gasteiger charge is 2.32. The molecule has 1 aromatic rings. The minimum atomic E-state index is -0.992. The predicted molar refractivity (Wildman–Crippen MR) is 83.3 cm³/mol. The minimum Gasteiger partial charge on any atom is -0.481 e. The van der Waals surface area contributed by atoms with Crippen molar-refractivity contribution in [1.29, 1.82) is 0 Å². The molecule has 0 saturated carbocycles. The van der Waals surface area contributed by atoms with Gasteiger partial charge in [-0.2, -0.15) is 0 Å². The highest BCUT2D eigenvalue weighted by atomic mass is 32.2. The highest BCUT2D eigenvalue weighted by molar-refractivity contribution is 8.26. The minimum absolute atomic E-state index is 0.0412. The van der Waals surface area contributed by atoms with Gasteiger partial charge in [0.15, 0.2) is 0 Å². The van der Waals surface area contributed by atoms with E-state index in [0.29, 0.717) is 14.8 Å². The second-order valence-electron chi connectivity index (χ2n) is 4.54. The lowest BCUT2D eigenvalue weighted by Gasteiger charge is -2.12. The summed E-state index contributed by atoms with van der Waals surface area (Å²) >= 11 is 6.17. The molecule has 0 atom stereocenters. The molecule has 0 spiro atoms. The Hall–Kier alpha value is -1.73. The van der Waals surface area contributed by atoms with E-state index >= 15 is 0 Å². The number of aliphatic carboxylic acids is 1. The van der Waals surface area contributed by atoms with Crippen LogP contribution in [0.1, 0.15) is 17.5 Å². The number of thioether (sulfide) groups is 1. The number of halogens is 1. The smallest absolute Gasteiger partial charge is 0.305 e. The molecule has 110 valence electrons. The first kappa shape index (κ1) is 15.7. The summed E-state index contributed by atoms with van der Waals surface area (Å²) in [5.41, 5.74) is 1.33. The van der Waals surface area contributed by atoms with E-state index in [1.54, 1.807) is 19.1 Å². The molecule has 1 aliphatic heterocycles. The fraction of sp³-hybridized carbons (Fsp3) is 0.214. The number of rotatable bonds is 4. The van der Waals surface area contributed by atoms with E-state index in [9.17, 15) is 14.0 Å². The maximum atomic E-state index is 13.3. The molecule has 21 heavy (non-hydrogen) atoms. The van der Waals surface area contributed by atoms with Crippen LogP contribution in [-0.4, -0.2) is 32.7 Å². The molecule has 1 aliphatic rings. The molecule has 0 aliphatic carbocycles. The van der Waals surface area contributed by atoms with Crippen molar-refractivity contribution in [3.05, 3.63) is 40.0 Å². The van der Waals surface area contributed by atoms with Crippen molar-refractivity contribution < 1.29 is 19.1 Å². The summed E-state index contributed by atoms with van der Waals surface area (Å²) in [5.74, 6) is -1.70. The maximum Gasteiger partial charge on any atom is 0.305 e. The average molecular weight is 325 g/mol. The van der Waals surface area contributed by atoms with Crippen LogP contribution in [0, 0.1) is 12.7 Å². The molecule has 7 heteroatoms. The number of amides is 1. The Morgan fingerprint density at radius 3 is 2.81 bits per heavy atom. The van der Waals surface area contributed by atoms with E-state index in [4.69, 9.17) is 17.3 Å². The number of hydrogen-bond acceptors (Lipinski definition) is 4. The van der Waals surface area contributed by atoms with Crippen molar-refractivity contribution >= 4 is 46.3 Å². The number of carboxylic acids is 1. The molecule has 1 heterocycles. The van der Waals surface area contributed by atoms with Gasteiger partial charge in [-0.25, -0.2) is 4.39 Å². The summed E-state index contributed by atoms with van der Waals surface area (Å²) in [7, 11) is 0. The zero-order chi connectivity index (χ0) is 15.6. The summed E-state index contributed by atoms with van der Waals surface area (Å²) < 4.78 is 13.7. The van der Waals surface area contributed by atoms with Crippen molar-refractivity contribution in [2.75, 3.05) is 6.54 Å². The molecular formula is C14H12FNO3S2. The lowest BCUT2D eigenvalue weighted by Crippen LogP contribution is -2.30. The molecule has 0 radical (unpaired) electrons. The zero-order valence-electron chi connectivity index (χ0n) is 11.1. The maximum absolute atomic E-state index is 13.3. The van der Waals surface area contributed by atoms with Crippen LogP contribution in [-0.2, 0) is 9.59 Å². The lowest BCUT2D eigenvalue weighted by atomic mass is 10.1. The molecule has 2 rings (SSSR count). The van der Waals surface area contributed by atoms with Crippen LogP contribution in [0.3, 0.4) is 0 Å². The summed E-state index contributed by atoms with van der Waals surface area (Å²) in [6.07, 6.45) is 1.40. The summed E-state index contributed by atoms with van der Waals surface area (Å²) in [5, 5.41) is 8.66. The van der Waals surface area contributed by atoms with Gasteiger partial charge in [-0.3, -0.25) is 14.5 Å². The quantitative estimate of drug-likeness (QED) is 0.681. The van der Waals surface area contributed by atoms with Crippen molar-refractivity contribution in [1.82, 2.24) is 4.90 Å². The third-order valence-electron chi connectivity index (χ3n) is 2.79. The molecule has 0 unspecified atom stereocenters. The van der Waals surface area contributed by atoms with Crippen LogP contribution in [0.4, 0.5) is 4.39 Å². The van der Waals surface area contributed by atoms with Gasteiger partial charge < -0.3 is 5.11 Å². The van der Waals surface area contributed by atoms with Gasteiger partial charge in [-0.05, 0) is 36.3 Å². The number of aryl methyl sites for hydroxylation is 1. The van der Waals surface area contributed by atoms with Crippen LogP contribution >= 0.6 is 24.0 Å². The number of nitrogens with zero attached hydrogens (tertiary/aromatic N) is 1. The van der Waals surface area contributed by atoms with Gasteiger partial charge in [0.05, 0.1) is 11.3 Å². The molecule has 1 saturated heterocycles. The number of carbonyl (C=O) groups excluding carboxylic acids is 1. The van der Waals surface area contributed by atoms with E-state index in [2.05, 4.69) is 0 Å². The van der Waals surface area contributed by atoms with Crippen molar-refractivity contribution in [3.8, 4) is 0 Å². The zero-order valence-corrected chi connectivity index (χ0v) is 12.8. The highest BCUT2D eigenvalue weighted by Crippen LogP contribution is 2.32. The molecule has 1 aromatic carbocycles. The predicted octanol–water partition coefficient (Wildman–Crippen LogP) is 2.81. The molecular weight excluding hydrogens is 313 g/mol. The number of carboxylic acid groups (broad SMARTS) is 1. The third-order valence-corrected chi connectivity index (χ3v) is 4.16. The number of hydrogen-bond donors (Lipinski definition) is 1. The Morgan fingerprint density at radius 2 is 2.19 bits per heavy atom. The second kappa shape index (κ2) is 6.36. The lowest BCUT2D eigenvalue weighted by molar-refractivity contribution is -0.137. The molecule has 0 bridgehead atoms. The van der Waals surface area contributed by atoms with Crippen LogP contribution in [0.2, 0.25) is 0 Å². The normalized spacial score (nSPS) is 16.9. The van der Waals surface area contributed by atoms with Crippen molar-refractivity contribution in [3.63, 3.8) is 0 Å². The monoisotopic (exact) mass is 325 g/mol. The first-order chi connectivity index (χ1) is 9.86. The van der Waals surface area contributed by atoms with E-state index < -0.39 is 5.97 Å². The first-order valence-corrected chi connectivity index (χ1v) is 7.33. The summed E-state index contributed by atoms with van der Waals surface area (Å²) in [6, 6.07) is 4.49. The van der Waals surface area contributed by atoms with Crippen LogP contribution < -0.4 is 0 Å². The largest absolute Gasteiger partial charge is 0.481 e. The van der Waals surface area contributed by atoms with Gasteiger partial charge in [0, 0.05) is 6.54 Å². The van der Waals surface area contributed by atoms with E-state index in [1.807, 2.05) is 0 Å². The second-order valence-corrected chi connectivity index (χ2v) is 6.21. The van der Waals surface area contributed by atoms with Gasteiger partial charge in [-0.15, -0.1) is 0 Å². The third kappa shape index (κ3) is 3.89. The van der Waals surface area contributed by atoms with Gasteiger partial charge in [0.2, 0.25) is 0 Å².